The number of carbonyl (C=O) groups is 1. The van der Waals surface area contributed by atoms with Gasteiger partial charge >= 0.3 is 0 Å². The Hall–Kier alpha value is -1.61. The molecule has 0 aromatic heterocycles. The molecule has 22 heavy (non-hydrogen) atoms. The summed E-state index contributed by atoms with van der Waals surface area (Å²) in [5, 5.41) is 2.06. The predicted molar refractivity (Wildman–Crippen MR) is 90.0 cm³/mol. The molecule has 0 saturated carbocycles. The minimum atomic E-state index is -0.180. The summed E-state index contributed by atoms with van der Waals surface area (Å²) in [5.41, 5.74) is 0.752. The van der Waals surface area contributed by atoms with E-state index in [2.05, 4.69) is 32.8 Å². The van der Waals surface area contributed by atoms with Crippen molar-refractivity contribution < 1.29 is 9.63 Å². The van der Waals surface area contributed by atoms with Crippen molar-refractivity contribution in [1.29, 1.82) is 0 Å². The molecule has 0 N–H and O–H groups in total. The van der Waals surface area contributed by atoms with Crippen LogP contribution in [0.3, 0.4) is 0 Å². The van der Waals surface area contributed by atoms with Crippen LogP contribution in [0.4, 0.5) is 0 Å². The lowest BCUT2D eigenvalue weighted by Gasteiger charge is -2.47. The van der Waals surface area contributed by atoms with E-state index in [1.165, 1.54) is 0 Å². The molecule has 0 unspecified atom stereocenters. The number of benzene rings is 1. The van der Waals surface area contributed by atoms with Crippen LogP contribution in [0, 0.1) is 0 Å². The molecule has 0 spiro atoms. The summed E-state index contributed by atoms with van der Waals surface area (Å²) in [5.74, 6) is 0.362. The van der Waals surface area contributed by atoms with Crippen molar-refractivity contribution in [2.24, 2.45) is 0 Å². The molecule has 1 fully saturated rings. The van der Waals surface area contributed by atoms with Gasteiger partial charge in [-0.25, -0.2) is 0 Å². The number of nitrogens with zero attached hydrogens (tertiary/aromatic N) is 1. The van der Waals surface area contributed by atoms with Gasteiger partial charge in [0.15, 0.2) is 0 Å². The molecule has 2 rings (SSSR count). The highest BCUT2D eigenvalue weighted by Crippen LogP contribution is 2.35. The second kappa shape index (κ2) is 6.66. The van der Waals surface area contributed by atoms with E-state index in [1.807, 2.05) is 36.4 Å². The summed E-state index contributed by atoms with van der Waals surface area (Å²) in [6.45, 7) is 8.57. The predicted octanol–water partition coefficient (Wildman–Crippen LogP) is 4.59. The maximum absolute atomic E-state index is 11.8. The lowest BCUT2D eigenvalue weighted by atomic mass is 9.84. The van der Waals surface area contributed by atoms with Gasteiger partial charge in [0.1, 0.15) is 12.0 Å². The Bertz CT molecular complexity index is 510. The number of hydrogen-bond donors (Lipinski definition) is 0. The van der Waals surface area contributed by atoms with E-state index < -0.39 is 0 Å². The molecule has 3 heteroatoms. The summed E-state index contributed by atoms with van der Waals surface area (Å²) in [6.07, 6.45) is 6.61. The van der Waals surface area contributed by atoms with Crippen molar-refractivity contribution in [3.63, 3.8) is 0 Å². The number of hydrogen-bond acceptors (Lipinski definition) is 3. The van der Waals surface area contributed by atoms with Crippen LogP contribution < -0.4 is 0 Å². The third kappa shape index (κ3) is 4.20. The highest BCUT2D eigenvalue weighted by Gasteiger charge is 2.41. The van der Waals surface area contributed by atoms with Gasteiger partial charge in [-0.2, -0.15) is 0 Å². The fourth-order valence-electron chi connectivity index (χ4n) is 3.06. The molecule has 1 aromatic rings. The van der Waals surface area contributed by atoms with Crippen molar-refractivity contribution >= 4 is 11.9 Å². The topological polar surface area (TPSA) is 29.5 Å². The lowest BCUT2D eigenvalue weighted by Crippen LogP contribution is -2.55. The maximum Gasteiger partial charge on any atom is 0.133 e. The number of ketones is 1. The van der Waals surface area contributed by atoms with E-state index in [1.54, 1.807) is 6.26 Å². The Kier molecular flexibility index (Phi) is 5.07. The van der Waals surface area contributed by atoms with Crippen molar-refractivity contribution in [1.82, 2.24) is 5.06 Å². The largest absolute Gasteiger partial charge is 0.413 e. The number of Topliss-reactive ketones (excluding diaryl/α,β-unsaturated/α-hetero) is 1. The van der Waals surface area contributed by atoms with Gasteiger partial charge in [0, 0.05) is 12.8 Å². The van der Waals surface area contributed by atoms with Crippen LogP contribution in [0.25, 0.3) is 6.08 Å². The Morgan fingerprint density at radius 2 is 1.55 bits per heavy atom. The first-order valence-electron chi connectivity index (χ1n) is 8.02. The molecular formula is C19H27NO2. The fraction of sp³-hybridized carbons (Fsp3) is 0.526. The number of carbonyl (C=O) groups excluding carboxylic acids is 1. The molecule has 1 heterocycles. The van der Waals surface area contributed by atoms with Crippen LogP contribution in [-0.2, 0) is 9.63 Å². The summed E-state index contributed by atoms with van der Waals surface area (Å²) in [4.78, 5) is 17.9. The summed E-state index contributed by atoms with van der Waals surface area (Å²) in [6, 6.07) is 10.1. The lowest BCUT2D eigenvalue weighted by molar-refractivity contribution is -0.233. The van der Waals surface area contributed by atoms with E-state index in [0.717, 1.165) is 18.4 Å². The number of hydroxylamine groups is 2. The molecule has 0 bridgehead atoms. The molecule has 120 valence electrons. The molecule has 0 amide bonds. The molecule has 1 aliphatic heterocycles. The first-order chi connectivity index (χ1) is 10.3. The number of rotatable bonds is 3. The van der Waals surface area contributed by atoms with Crippen LogP contribution in [0.15, 0.2) is 36.6 Å². The second-order valence-corrected chi connectivity index (χ2v) is 7.28. The van der Waals surface area contributed by atoms with E-state index in [-0.39, 0.29) is 11.1 Å². The van der Waals surface area contributed by atoms with Gasteiger partial charge in [0.25, 0.3) is 0 Å². The molecule has 3 nitrogen and oxygen atoms in total. The molecular weight excluding hydrogens is 274 g/mol. The normalized spacial score (nSPS) is 22.3. The highest BCUT2D eigenvalue weighted by atomic mass is 16.7. The monoisotopic (exact) mass is 301 g/mol. The third-order valence-electron chi connectivity index (χ3n) is 4.36. The van der Waals surface area contributed by atoms with Crippen LogP contribution in [0.1, 0.15) is 58.9 Å². The third-order valence-corrected chi connectivity index (χ3v) is 4.36. The standard InChI is InChI=1S/C19H27NO2/c1-18(2)13-10-17(21)11-14-19(3,4)20(18)22-15-12-16-8-6-5-7-9-16/h5-9,12,15H,10-11,13-14H2,1-4H3/b15-12+. The Morgan fingerprint density at radius 3 is 2.09 bits per heavy atom. The minimum absolute atomic E-state index is 0.180. The zero-order valence-corrected chi connectivity index (χ0v) is 14.1. The van der Waals surface area contributed by atoms with Gasteiger partial charge in [-0.1, -0.05) is 30.3 Å². The van der Waals surface area contributed by atoms with Gasteiger partial charge in [-0.15, -0.1) is 5.06 Å². The fourth-order valence-corrected chi connectivity index (χ4v) is 3.06. The molecule has 1 aromatic carbocycles. The minimum Gasteiger partial charge on any atom is -0.413 e. The van der Waals surface area contributed by atoms with Gasteiger partial charge < -0.3 is 4.84 Å². The average Bonchev–Trinajstić information content (AvgIpc) is 2.47. The Morgan fingerprint density at radius 1 is 1.00 bits per heavy atom. The molecule has 0 aliphatic carbocycles. The van der Waals surface area contributed by atoms with E-state index in [4.69, 9.17) is 4.84 Å². The molecule has 0 atom stereocenters. The van der Waals surface area contributed by atoms with Gasteiger partial charge in [0.05, 0.1) is 11.1 Å². The zero-order chi connectivity index (χ0) is 16.2. The summed E-state index contributed by atoms with van der Waals surface area (Å²) in [7, 11) is 0. The molecule has 1 aliphatic rings. The Labute approximate surface area is 133 Å². The van der Waals surface area contributed by atoms with Crippen LogP contribution >= 0.6 is 0 Å². The first-order valence-corrected chi connectivity index (χ1v) is 8.02. The van der Waals surface area contributed by atoms with E-state index >= 15 is 0 Å². The summed E-state index contributed by atoms with van der Waals surface area (Å²) < 4.78 is 0. The zero-order valence-electron chi connectivity index (χ0n) is 14.1. The molecule has 0 radical (unpaired) electrons. The van der Waals surface area contributed by atoms with Gasteiger partial charge in [0.2, 0.25) is 0 Å². The van der Waals surface area contributed by atoms with Gasteiger partial charge in [-0.3, -0.25) is 4.79 Å². The van der Waals surface area contributed by atoms with Crippen LogP contribution in [-0.4, -0.2) is 21.9 Å². The molecule has 1 saturated heterocycles. The van der Waals surface area contributed by atoms with Crippen molar-refractivity contribution in [3.05, 3.63) is 42.2 Å². The smallest absolute Gasteiger partial charge is 0.133 e. The quantitative estimate of drug-likeness (QED) is 0.765. The van der Waals surface area contributed by atoms with E-state index in [9.17, 15) is 4.79 Å². The van der Waals surface area contributed by atoms with Crippen molar-refractivity contribution in [3.8, 4) is 0 Å². The SMILES string of the molecule is CC1(C)CCC(=O)CCC(C)(C)N1O/C=C/c1ccccc1. The van der Waals surface area contributed by atoms with Crippen LogP contribution in [0.2, 0.25) is 0 Å². The average molecular weight is 301 g/mol. The van der Waals surface area contributed by atoms with Crippen LogP contribution in [0.5, 0.6) is 0 Å². The first kappa shape index (κ1) is 16.8. The summed E-state index contributed by atoms with van der Waals surface area (Å²) >= 11 is 0. The highest BCUT2D eigenvalue weighted by molar-refractivity contribution is 5.78. The second-order valence-electron chi connectivity index (χ2n) is 7.28. The van der Waals surface area contributed by atoms with Crippen molar-refractivity contribution in [2.75, 3.05) is 0 Å². The Balaban J connectivity index is 2.14. The van der Waals surface area contributed by atoms with Crippen molar-refractivity contribution in [2.45, 2.75) is 64.5 Å². The van der Waals surface area contributed by atoms with E-state index in [0.29, 0.717) is 18.6 Å². The maximum atomic E-state index is 11.8. The van der Waals surface area contributed by atoms with Gasteiger partial charge in [-0.05, 0) is 52.2 Å².